The molecule has 0 bridgehead atoms. The van der Waals surface area contributed by atoms with Gasteiger partial charge in [-0.25, -0.2) is 0 Å². The van der Waals surface area contributed by atoms with Crippen LogP contribution in [-0.4, -0.2) is 5.75 Å². The van der Waals surface area contributed by atoms with Gasteiger partial charge in [-0.05, 0) is 30.4 Å². The maximum atomic E-state index is 9.36. The lowest BCUT2D eigenvalue weighted by Crippen LogP contribution is -2.02. The highest BCUT2D eigenvalue weighted by Crippen LogP contribution is 2.28. The zero-order valence-corrected chi connectivity index (χ0v) is 12.6. The summed E-state index contributed by atoms with van der Waals surface area (Å²) in [5.41, 5.74) is 4.13. The van der Waals surface area contributed by atoms with Crippen molar-refractivity contribution in [2.45, 2.75) is 25.3 Å². The summed E-state index contributed by atoms with van der Waals surface area (Å²) >= 11 is 1.70. The van der Waals surface area contributed by atoms with Crippen LogP contribution in [0.15, 0.2) is 47.4 Å². The Labute approximate surface area is 124 Å². The van der Waals surface area contributed by atoms with Crippen molar-refractivity contribution in [1.82, 2.24) is 0 Å². The Morgan fingerprint density at radius 2 is 2.00 bits per heavy atom. The van der Waals surface area contributed by atoms with Crippen molar-refractivity contribution in [3.8, 4) is 6.07 Å². The Bertz CT molecular complexity index is 629. The quantitative estimate of drug-likeness (QED) is 0.815. The molecule has 0 amide bonds. The number of aryl methyl sites for hydroxylation is 1. The van der Waals surface area contributed by atoms with Gasteiger partial charge in [-0.1, -0.05) is 42.8 Å². The number of hydrogen-bond donors (Lipinski definition) is 1. The van der Waals surface area contributed by atoms with Crippen molar-refractivity contribution in [3.63, 3.8) is 0 Å². The minimum atomic E-state index is 0.733. The molecule has 1 N–H and O–H groups in total. The average Bonchev–Trinajstić information content (AvgIpc) is 2.45. The van der Waals surface area contributed by atoms with Gasteiger partial charge in [0.05, 0.1) is 11.3 Å². The van der Waals surface area contributed by atoms with Crippen LogP contribution in [0.3, 0.4) is 0 Å². The topological polar surface area (TPSA) is 35.8 Å². The zero-order chi connectivity index (χ0) is 14.4. The third kappa shape index (κ3) is 3.55. The molecule has 0 saturated heterocycles. The van der Waals surface area contributed by atoms with Crippen LogP contribution in [0.25, 0.3) is 0 Å². The van der Waals surface area contributed by atoms with Crippen molar-refractivity contribution in [3.05, 3.63) is 59.2 Å². The van der Waals surface area contributed by atoms with Gasteiger partial charge in [-0.2, -0.15) is 5.26 Å². The highest BCUT2D eigenvalue weighted by atomic mass is 32.2. The molecule has 2 rings (SSSR count). The van der Waals surface area contributed by atoms with Crippen molar-refractivity contribution < 1.29 is 0 Å². The second kappa shape index (κ2) is 7.02. The molecule has 102 valence electrons. The molecule has 2 nitrogen and oxygen atoms in total. The molecule has 0 aromatic heterocycles. The molecular weight excluding hydrogens is 264 g/mol. The van der Waals surface area contributed by atoms with E-state index in [1.54, 1.807) is 11.8 Å². The number of hydrogen-bond acceptors (Lipinski definition) is 3. The number of nitrogens with one attached hydrogen (secondary N) is 1. The lowest BCUT2D eigenvalue weighted by molar-refractivity contribution is 1.13. The maximum absolute atomic E-state index is 9.36. The standard InChI is InChI=1S/C17H18N2S/c1-3-20-17-9-5-8-16(15(17)11-18)19-12-14-7-4-6-13(2)10-14/h4-10,19H,3,12H2,1-2H3. The highest BCUT2D eigenvalue weighted by molar-refractivity contribution is 7.99. The zero-order valence-electron chi connectivity index (χ0n) is 11.8. The van der Waals surface area contributed by atoms with Crippen LogP contribution in [0.5, 0.6) is 0 Å². The number of thioether (sulfide) groups is 1. The first-order chi connectivity index (χ1) is 9.74. The number of nitriles is 1. The molecule has 0 atom stereocenters. The van der Waals surface area contributed by atoms with Gasteiger partial charge in [-0.3, -0.25) is 0 Å². The lowest BCUT2D eigenvalue weighted by Gasteiger charge is -2.11. The van der Waals surface area contributed by atoms with E-state index >= 15 is 0 Å². The van der Waals surface area contributed by atoms with Gasteiger partial charge in [0.1, 0.15) is 6.07 Å². The normalized spacial score (nSPS) is 10.1. The molecule has 2 aromatic rings. The molecule has 2 aromatic carbocycles. The van der Waals surface area contributed by atoms with Crippen molar-refractivity contribution >= 4 is 17.4 Å². The summed E-state index contributed by atoms with van der Waals surface area (Å²) in [7, 11) is 0. The van der Waals surface area contributed by atoms with Gasteiger partial charge >= 0.3 is 0 Å². The van der Waals surface area contributed by atoms with Gasteiger partial charge in [0.2, 0.25) is 0 Å². The molecule has 0 radical (unpaired) electrons. The summed E-state index contributed by atoms with van der Waals surface area (Å²) in [5.74, 6) is 0.968. The Balaban J connectivity index is 2.17. The predicted octanol–water partition coefficient (Wildman–Crippen LogP) is 4.59. The number of anilines is 1. The van der Waals surface area contributed by atoms with Crippen LogP contribution >= 0.6 is 11.8 Å². The van der Waals surface area contributed by atoms with E-state index in [1.165, 1.54) is 11.1 Å². The van der Waals surface area contributed by atoms with Crippen molar-refractivity contribution in [2.24, 2.45) is 0 Å². The summed E-state index contributed by atoms with van der Waals surface area (Å²) in [4.78, 5) is 1.05. The van der Waals surface area contributed by atoms with E-state index in [9.17, 15) is 5.26 Å². The first kappa shape index (κ1) is 14.5. The monoisotopic (exact) mass is 282 g/mol. The fourth-order valence-corrected chi connectivity index (χ4v) is 2.87. The second-order valence-corrected chi connectivity index (χ2v) is 5.87. The van der Waals surface area contributed by atoms with Crippen molar-refractivity contribution in [2.75, 3.05) is 11.1 Å². The fraction of sp³-hybridized carbons (Fsp3) is 0.235. The summed E-state index contributed by atoms with van der Waals surface area (Å²) in [6.45, 7) is 4.91. The smallest absolute Gasteiger partial charge is 0.102 e. The molecule has 3 heteroatoms. The Morgan fingerprint density at radius 1 is 1.20 bits per heavy atom. The Kier molecular flexibility index (Phi) is 5.09. The molecule has 0 heterocycles. The third-order valence-corrected chi connectivity index (χ3v) is 3.94. The van der Waals surface area contributed by atoms with Crippen LogP contribution in [-0.2, 0) is 6.54 Å². The van der Waals surface area contributed by atoms with Crippen LogP contribution in [0.2, 0.25) is 0 Å². The van der Waals surface area contributed by atoms with Gasteiger partial charge in [-0.15, -0.1) is 11.8 Å². The van der Waals surface area contributed by atoms with E-state index < -0.39 is 0 Å². The largest absolute Gasteiger partial charge is 0.380 e. The molecule has 0 aliphatic rings. The second-order valence-electron chi connectivity index (χ2n) is 4.57. The lowest BCUT2D eigenvalue weighted by atomic mass is 10.1. The third-order valence-electron chi connectivity index (χ3n) is 3.00. The minimum Gasteiger partial charge on any atom is -0.380 e. The number of benzene rings is 2. The molecule has 0 unspecified atom stereocenters. The van der Waals surface area contributed by atoms with Crippen molar-refractivity contribution in [1.29, 1.82) is 5.26 Å². The van der Waals surface area contributed by atoms with E-state index in [2.05, 4.69) is 49.5 Å². The van der Waals surface area contributed by atoms with Gasteiger partial charge in [0.25, 0.3) is 0 Å². The van der Waals surface area contributed by atoms with Gasteiger partial charge in [0, 0.05) is 11.4 Å². The van der Waals surface area contributed by atoms with E-state index in [0.29, 0.717) is 0 Å². The predicted molar refractivity (Wildman–Crippen MR) is 86.1 cm³/mol. The van der Waals surface area contributed by atoms with Crippen LogP contribution in [0.1, 0.15) is 23.6 Å². The van der Waals surface area contributed by atoms with E-state index in [-0.39, 0.29) is 0 Å². The van der Waals surface area contributed by atoms with Gasteiger partial charge < -0.3 is 5.32 Å². The van der Waals surface area contributed by atoms with E-state index in [1.807, 2.05) is 18.2 Å². The Hall–Kier alpha value is -1.92. The van der Waals surface area contributed by atoms with Crippen LogP contribution in [0.4, 0.5) is 5.69 Å². The molecule has 0 fully saturated rings. The van der Waals surface area contributed by atoms with E-state index in [4.69, 9.17) is 0 Å². The summed E-state index contributed by atoms with van der Waals surface area (Å²) in [6.07, 6.45) is 0. The van der Waals surface area contributed by atoms with E-state index in [0.717, 1.165) is 28.4 Å². The highest BCUT2D eigenvalue weighted by Gasteiger charge is 2.07. The average molecular weight is 282 g/mol. The SMILES string of the molecule is CCSc1cccc(NCc2cccc(C)c2)c1C#N. The minimum absolute atomic E-state index is 0.733. The molecule has 0 saturated carbocycles. The number of rotatable bonds is 5. The summed E-state index contributed by atoms with van der Waals surface area (Å²) in [5, 5.41) is 12.7. The summed E-state index contributed by atoms with van der Waals surface area (Å²) < 4.78 is 0. The molecule has 0 aliphatic carbocycles. The molecule has 0 spiro atoms. The fourth-order valence-electron chi connectivity index (χ4n) is 2.09. The summed E-state index contributed by atoms with van der Waals surface area (Å²) in [6, 6.07) is 16.7. The number of nitrogens with zero attached hydrogens (tertiary/aromatic N) is 1. The molecule has 0 aliphatic heterocycles. The first-order valence-corrected chi connectivity index (χ1v) is 7.68. The van der Waals surface area contributed by atoms with Crippen LogP contribution < -0.4 is 5.32 Å². The molecular formula is C17H18N2S. The Morgan fingerprint density at radius 3 is 2.70 bits per heavy atom. The van der Waals surface area contributed by atoms with Crippen LogP contribution in [0, 0.1) is 18.3 Å². The van der Waals surface area contributed by atoms with Gasteiger partial charge in [0.15, 0.2) is 0 Å². The first-order valence-electron chi connectivity index (χ1n) is 6.70. The molecule has 20 heavy (non-hydrogen) atoms. The maximum Gasteiger partial charge on any atom is 0.102 e.